The number of aryl methyl sites for hydroxylation is 1. The van der Waals surface area contributed by atoms with Gasteiger partial charge in [0, 0.05) is 21.8 Å². The summed E-state index contributed by atoms with van der Waals surface area (Å²) in [5.74, 6) is 1.03. The van der Waals surface area contributed by atoms with Gasteiger partial charge in [0.1, 0.15) is 0 Å². The third-order valence-corrected chi connectivity index (χ3v) is 6.96. The Hall–Kier alpha value is -3.42. The molecule has 5 rings (SSSR count). The minimum atomic E-state index is -0.206. The van der Waals surface area contributed by atoms with Gasteiger partial charge in [-0.15, -0.1) is 11.8 Å². The average molecular weight is 485 g/mol. The maximum absolute atomic E-state index is 5.84. The molecule has 0 saturated carbocycles. The van der Waals surface area contributed by atoms with Crippen LogP contribution >= 0.6 is 24.0 Å². The van der Waals surface area contributed by atoms with Crippen LogP contribution in [0, 0.1) is 6.92 Å². The molecular weight excluding hydrogens is 460 g/mol. The van der Waals surface area contributed by atoms with Crippen molar-refractivity contribution in [2.45, 2.75) is 24.8 Å². The van der Waals surface area contributed by atoms with Crippen LogP contribution in [0.15, 0.2) is 94.0 Å². The number of hydrogen-bond donors (Lipinski definition) is 1. The predicted octanol–water partition coefficient (Wildman–Crippen LogP) is 6.63. The maximum Gasteiger partial charge on any atom is 0.258 e. The van der Waals surface area contributed by atoms with Crippen molar-refractivity contribution >= 4 is 40.4 Å². The first-order chi connectivity index (χ1) is 16.5. The normalized spacial score (nSPS) is 16.0. The van der Waals surface area contributed by atoms with E-state index in [0.717, 1.165) is 28.1 Å². The lowest BCUT2D eigenvalue weighted by molar-refractivity contribution is 0.404. The second-order valence-corrected chi connectivity index (χ2v) is 9.38. The number of benzene rings is 3. The van der Waals surface area contributed by atoms with Crippen molar-refractivity contribution in [1.82, 2.24) is 15.5 Å². The van der Waals surface area contributed by atoms with Crippen molar-refractivity contribution in [2.75, 3.05) is 11.2 Å². The van der Waals surface area contributed by atoms with Gasteiger partial charge in [0.25, 0.3) is 5.89 Å². The van der Waals surface area contributed by atoms with Crippen LogP contribution in [-0.4, -0.2) is 21.5 Å². The van der Waals surface area contributed by atoms with Crippen LogP contribution in [0.1, 0.15) is 30.0 Å². The van der Waals surface area contributed by atoms with Crippen molar-refractivity contribution in [3.8, 4) is 11.4 Å². The molecule has 0 amide bonds. The highest BCUT2D eigenvalue weighted by atomic mass is 32.2. The Morgan fingerprint density at radius 1 is 0.941 bits per heavy atom. The molecule has 170 valence electrons. The summed E-state index contributed by atoms with van der Waals surface area (Å²) >= 11 is 7.52. The van der Waals surface area contributed by atoms with E-state index in [1.54, 1.807) is 11.8 Å². The molecule has 1 unspecified atom stereocenters. The van der Waals surface area contributed by atoms with E-state index in [2.05, 4.69) is 79.1 Å². The SMILES string of the molecule is CSc1ccc(-c2noc(C3=C(C)N(c4ccc(C)cc4)C(=S)NC3c3ccccc3)n2)cc1. The smallest absolute Gasteiger partial charge is 0.258 e. The lowest BCUT2D eigenvalue weighted by Gasteiger charge is -2.37. The van der Waals surface area contributed by atoms with Crippen LogP contribution in [0.3, 0.4) is 0 Å². The topological polar surface area (TPSA) is 54.2 Å². The van der Waals surface area contributed by atoms with Gasteiger partial charge in [0.15, 0.2) is 5.11 Å². The van der Waals surface area contributed by atoms with Gasteiger partial charge in [-0.1, -0.05) is 53.2 Å². The van der Waals surface area contributed by atoms with Gasteiger partial charge in [0.2, 0.25) is 5.82 Å². The summed E-state index contributed by atoms with van der Waals surface area (Å²) in [6, 6.07) is 26.4. The lowest BCUT2D eigenvalue weighted by atomic mass is 9.94. The summed E-state index contributed by atoms with van der Waals surface area (Å²) in [6.07, 6.45) is 2.06. The van der Waals surface area contributed by atoms with Crippen molar-refractivity contribution in [1.29, 1.82) is 0 Å². The van der Waals surface area contributed by atoms with Crippen molar-refractivity contribution in [2.24, 2.45) is 0 Å². The Labute approximate surface area is 208 Å². The van der Waals surface area contributed by atoms with Crippen LogP contribution in [-0.2, 0) is 0 Å². The fourth-order valence-electron chi connectivity index (χ4n) is 4.11. The standard InChI is InChI=1S/C27H24N4OS2/c1-17-9-13-21(14-10-17)31-18(2)23(24(28-27(31)33)19-7-5-4-6-8-19)26-29-25(30-32-26)20-11-15-22(34-3)16-12-20/h4-16,24H,1-3H3,(H,28,33). The third-order valence-electron chi connectivity index (χ3n) is 5.91. The second-order valence-electron chi connectivity index (χ2n) is 8.11. The predicted molar refractivity (Wildman–Crippen MR) is 143 cm³/mol. The number of thioether (sulfide) groups is 1. The Morgan fingerprint density at radius 3 is 2.32 bits per heavy atom. The number of rotatable bonds is 5. The van der Waals surface area contributed by atoms with E-state index < -0.39 is 0 Å². The van der Waals surface area contributed by atoms with Crippen molar-refractivity contribution in [3.63, 3.8) is 0 Å². The highest BCUT2D eigenvalue weighted by Gasteiger charge is 2.34. The largest absolute Gasteiger partial charge is 0.351 e. The van der Waals surface area contributed by atoms with E-state index in [-0.39, 0.29) is 6.04 Å². The fourth-order valence-corrected chi connectivity index (χ4v) is 4.88. The molecule has 1 aromatic heterocycles. The number of allylic oxidation sites excluding steroid dienone is 1. The molecule has 2 heterocycles. The summed E-state index contributed by atoms with van der Waals surface area (Å²) in [6.45, 7) is 4.12. The van der Waals surface area contributed by atoms with E-state index in [9.17, 15) is 0 Å². The Bertz CT molecular complexity index is 1350. The fraction of sp³-hybridized carbons (Fsp3) is 0.148. The zero-order valence-electron chi connectivity index (χ0n) is 19.1. The molecule has 0 saturated heterocycles. The zero-order valence-corrected chi connectivity index (χ0v) is 20.8. The monoisotopic (exact) mass is 484 g/mol. The number of aromatic nitrogens is 2. The molecule has 0 spiro atoms. The molecule has 3 aromatic carbocycles. The summed E-state index contributed by atoms with van der Waals surface area (Å²) in [5.41, 5.74) is 6.02. The van der Waals surface area contributed by atoms with Crippen LogP contribution in [0.2, 0.25) is 0 Å². The molecule has 1 aliphatic heterocycles. The van der Waals surface area contributed by atoms with Gasteiger partial charge < -0.3 is 9.84 Å². The van der Waals surface area contributed by atoms with E-state index in [1.165, 1.54) is 10.5 Å². The maximum atomic E-state index is 5.84. The number of thiocarbonyl (C=S) groups is 1. The molecule has 0 bridgehead atoms. The van der Waals surface area contributed by atoms with Crippen LogP contribution < -0.4 is 10.2 Å². The summed E-state index contributed by atoms with van der Waals surface area (Å²) < 4.78 is 5.84. The van der Waals surface area contributed by atoms with Gasteiger partial charge in [-0.05, 0) is 74.3 Å². The first-order valence-corrected chi connectivity index (χ1v) is 12.6. The van der Waals surface area contributed by atoms with Gasteiger partial charge in [-0.2, -0.15) is 4.98 Å². The van der Waals surface area contributed by atoms with Gasteiger partial charge >= 0.3 is 0 Å². The molecule has 4 aromatic rings. The van der Waals surface area contributed by atoms with Crippen molar-refractivity contribution in [3.05, 3.63) is 102 Å². The van der Waals surface area contributed by atoms with Crippen LogP contribution in [0.25, 0.3) is 17.0 Å². The number of nitrogens with one attached hydrogen (secondary N) is 1. The number of anilines is 1. The highest BCUT2D eigenvalue weighted by Crippen LogP contribution is 2.39. The average Bonchev–Trinajstić information content (AvgIpc) is 3.35. The minimum Gasteiger partial charge on any atom is -0.351 e. The molecule has 34 heavy (non-hydrogen) atoms. The molecule has 7 heteroatoms. The molecular formula is C27H24N4OS2. The van der Waals surface area contributed by atoms with E-state index >= 15 is 0 Å². The van der Waals surface area contributed by atoms with Gasteiger partial charge in [0.05, 0.1) is 11.6 Å². The molecule has 0 radical (unpaired) electrons. The number of hydrogen-bond acceptors (Lipinski definition) is 5. The van der Waals surface area contributed by atoms with Crippen molar-refractivity contribution < 1.29 is 4.52 Å². The lowest BCUT2D eigenvalue weighted by Crippen LogP contribution is -2.46. The Balaban J connectivity index is 1.62. The Morgan fingerprint density at radius 2 is 1.65 bits per heavy atom. The van der Waals surface area contributed by atoms with Crippen LogP contribution in [0.4, 0.5) is 5.69 Å². The first kappa shape index (κ1) is 22.4. The number of nitrogens with zero attached hydrogens (tertiary/aromatic N) is 3. The first-order valence-electron chi connectivity index (χ1n) is 11.0. The third kappa shape index (κ3) is 4.24. The second kappa shape index (κ2) is 9.44. The molecule has 1 atom stereocenters. The Kier molecular flexibility index (Phi) is 6.22. The minimum absolute atomic E-state index is 0.206. The molecule has 5 nitrogen and oxygen atoms in total. The zero-order chi connectivity index (χ0) is 23.7. The highest BCUT2D eigenvalue weighted by molar-refractivity contribution is 7.98. The van der Waals surface area contributed by atoms with Gasteiger partial charge in [-0.3, -0.25) is 4.90 Å². The van der Waals surface area contributed by atoms with Crippen LogP contribution in [0.5, 0.6) is 0 Å². The molecule has 1 aliphatic rings. The summed E-state index contributed by atoms with van der Waals surface area (Å²) in [5, 5.41) is 8.44. The summed E-state index contributed by atoms with van der Waals surface area (Å²) in [4.78, 5) is 8.02. The van der Waals surface area contributed by atoms with E-state index in [0.29, 0.717) is 16.8 Å². The summed E-state index contributed by atoms with van der Waals surface area (Å²) in [7, 11) is 0. The molecule has 0 fully saturated rings. The quantitative estimate of drug-likeness (QED) is 0.252. The van der Waals surface area contributed by atoms with E-state index in [4.69, 9.17) is 21.7 Å². The molecule has 1 N–H and O–H groups in total. The van der Waals surface area contributed by atoms with Gasteiger partial charge in [-0.25, -0.2) is 0 Å². The molecule has 0 aliphatic carbocycles. The van der Waals surface area contributed by atoms with E-state index in [1.807, 2.05) is 35.2 Å².